The molecule has 2 N–H and O–H groups in total. The minimum atomic E-state index is -3.32. The Morgan fingerprint density at radius 3 is 2.39 bits per heavy atom. The number of carboxylic acid groups (broad SMARTS) is 1. The molecular weight excluding hydrogens is 254 g/mol. The Bertz CT molecular complexity index is 532. The molecule has 1 aromatic rings. The maximum atomic E-state index is 11.7. The number of aromatic carboxylic acids is 1. The summed E-state index contributed by atoms with van der Waals surface area (Å²) in [6.07, 6.45) is 2.19. The molecule has 1 saturated carbocycles. The van der Waals surface area contributed by atoms with Crippen LogP contribution in [0.1, 0.15) is 28.8 Å². The second-order valence-corrected chi connectivity index (χ2v) is 6.36. The second-order valence-electron chi connectivity index (χ2n) is 4.55. The number of benzene rings is 1. The molecule has 2 rings (SSSR count). The van der Waals surface area contributed by atoms with E-state index >= 15 is 0 Å². The minimum Gasteiger partial charge on any atom is -0.478 e. The first-order valence-corrected chi connectivity index (χ1v) is 7.41. The monoisotopic (exact) mass is 269 g/mol. The zero-order valence-corrected chi connectivity index (χ0v) is 10.6. The highest BCUT2D eigenvalue weighted by Crippen LogP contribution is 2.27. The molecule has 0 bridgehead atoms. The highest BCUT2D eigenvalue weighted by atomic mass is 32.2. The maximum Gasteiger partial charge on any atom is 0.335 e. The molecule has 0 aromatic heterocycles. The molecule has 0 amide bonds. The lowest BCUT2D eigenvalue weighted by Gasteiger charge is -2.06. The number of rotatable bonds is 6. The second kappa shape index (κ2) is 5.07. The van der Waals surface area contributed by atoms with E-state index in [0.29, 0.717) is 18.0 Å². The van der Waals surface area contributed by atoms with Gasteiger partial charge in [0, 0.05) is 6.54 Å². The van der Waals surface area contributed by atoms with Crippen LogP contribution in [0, 0.1) is 5.92 Å². The van der Waals surface area contributed by atoms with Gasteiger partial charge in [0.2, 0.25) is 10.0 Å². The van der Waals surface area contributed by atoms with E-state index < -0.39 is 16.0 Å². The Kier molecular flexibility index (Phi) is 3.68. The van der Waals surface area contributed by atoms with Crippen LogP contribution in [0.25, 0.3) is 0 Å². The molecule has 0 spiro atoms. The van der Waals surface area contributed by atoms with Gasteiger partial charge in [-0.15, -0.1) is 0 Å². The van der Waals surface area contributed by atoms with Gasteiger partial charge in [-0.05, 0) is 36.5 Å². The number of carboxylic acids is 1. The molecule has 0 heterocycles. The average molecular weight is 269 g/mol. The molecule has 1 fully saturated rings. The molecule has 6 heteroatoms. The molecule has 0 atom stereocenters. The van der Waals surface area contributed by atoms with Crippen molar-refractivity contribution in [3.05, 3.63) is 35.4 Å². The summed E-state index contributed by atoms with van der Waals surface area (Å²) in [4.78, 5) is 10.7. The van der Waals surface area contributed by atoms with Crippen molar-refractivity contribution in [2.45, 2.75) is 18.6 Å². The lowest BCUT2D eigenvalue weighted by atomic mass is 10.1. The van der Waals surface area contributed by atoms with Crippen molar-refractivity contribution < 1.29 is 18.3 Å². The summed E-state index contributed by atoms with van der Waals surface area (Å²) < 4.78 is 26.0. The van der Waals surface area contributed by atoms with Crippen molar-refractivity contribution in [2.24, 2.45) is 5.92 Å². The van der Waals surface area contributed by atoms with Crippen molar-refractivity contribution in [3.8, 4) is 0 Å². The largest absolute Gasteiger partial charge is 0.478 e. The predicted molar refractivity (Wildman–Crippen MR) is 66.8 cm³/mol. The molecule has 5 nitrogen and oxygen atoms in total. The zero-order chi connectivity index (χ0) is 13.2. The molecule has 0 aliphatic heterocycles. The number of hydrogen-bond acceptors (Lipinski definition) is 3. The van der Waals surface area contributed by atoms with Gasteiger partial charge in [-0.1, -0.05) is 12.1 Å². The Morgan fingerprint density at radius 1 is 1.28 bits per heavy atom. The van der Waals surface area contributed by atoms with Gasteiger partial charge in [-0.2, -0.15) is 0 Å². The third-order valence-electron chi connectivity index (χ3n) is 2.85. The average Bonchev–Trinajstić information content (AvgIpc) is 3.10. The van der Waals surface area contributed by atoms with Gasteiger partial charge in [-0.25, -0.2) is 17.9 Å². The fraction of sp³-hybridized carbons (Fsp3) is 0.417. The van der Waals surface area contributed by atoms with Crippen LogP contribution < -0.4 is 4.72 Å². The van der Waals surface area contributed by atoms with Crippen molar-refractivity contribution >= 4 is 16.0 Å². The molecule has 18 heavy (non-hydrogen) atoms. The van der Waals surface area contributed by atoms with Crippen LogP contribution >= 0.6 is 0 Å². The smallest absolute Gasteiger partial charge is 0.335 e. The van der Waals surface area contributed by atoms with E-state index in [1.54, 1.807) is 0 Å². The van der Waals surface area contributed by atoms with Gasteiger partial charge < -0.3 is 5.11 Å². The van der Waals surface area contributed by atoms with E-state index in [1.165, 1.54) is 24.3 Å². The summed E-state index contributed by atoms with van der Waals surface area (Å²) in [5.41, 5.74) is 0.741. The van der Waals surface area contributed by atoms with Crippen molar-refractivity contribution in [1.29, 1.82) is 0 Å². The van der Waals surface area contributed by atoms with Gasteiger partial charge in [-0.3, -0.25) is 0 Å². The number of hydrogen-bond donors (Lipinski definition) is 2. The van der Waals surface area contributed by atoms with E-state index in [-0.39, 0.29) is 11.3 Å². The van der Waals surface area contributed by atoms with Crippen molar-refractivity contribution in [3.63, 3.8) is 0 Å². The molecule has 1 aliphatic carbocycles. The normalized spacial score (nSPS) is 15.6. The first-order valence-electron chi connectivity index (χ1n) is 5.76. The lowest BCUT2D eigenvalue weighted by molar-refractivity contribution is 0.0697. The van der Waals surface area contributed by atoms with E-state index in [1.807, 2.05) is 0 Å². The molecular formula is C12H15NO4S. The molecule has 1 aliphatic rings. The van der Waals surface area contributed by atoms with Gasteiger partial charge in [0.05, 0.1) is 11.3 Å². The number of nitrogens with one attached hydrogen (secondary N) is 1. The third-order valence-corrected chi connectivity index (χ3v) is 4.17. The molecule has 1 aromatic carbocycles. The van der Waals surface area contributed by atoms with Crippen LogP contribution in [0.4, 0.5) is 0 Å². The van der Waals surface area contributed by atoms with E-state index in [0.717, 1.165) is 12.8 Å². The van der Waals surface area contributed by atoms with E-state index in [9.17, 15) is 13.2 Å². The van der Waals surface area contributed by atoms with Crippen LogP contribution in [0.15, 0.2) is 24.3 Å². The topological polar surface area (TPSA) is 83.5 Å². The summed E-state index contributed by atoms with van der Waals surface area (Å²) >= 11 is 0. The van der Waals surface area contributed by atoms with Crippen LogP contribution in [0.3, 0.4) is 0 Å². The summed E-state index contributed by atoms with van der Waals surface area (Å²) in [5.74, 6) is -0.634. The Hall–Kier alpha value is -1.40. The standard InChI is InChI=1S/C12H15NO4S/c14-12(15)11-5-3-10(4-6-11)8-18(16,17)13-7-9-1-2-9/h3-6,9,13H,1-2,7-8H2,(H,14,15). The predicted octanol–water partition coefficient (Wildman–Crippen LogP) is 1.21. The van der Waals surface area contributed by atoms with Crippen LogP contribution in [-0.2, 0) is 15.8 Å². The molecule has 98 valence electrons. The highest BCUT2D eigenvalue weighted by molar-refractivity contribution is 7.88. The van der Waals surface area contributed by atoms with E-state index in [4.69, 9.17) is 5.11 Å². The molecule has 0 saturated heterocycles. The summed E-state index contributed by atoms with van der Waals surface area (Å²) in [7, 11) is -3.32. The Balaban J connectivity index is 1.96. The SMILES string of the molecule is O=C(O)c1ccc(CS(=O)(=O)NCC2CC2)cc1. The van der Waals surface area contributed by atoms with Gasteiger partial charge in [0.25, 0.3) is 0 Å². The first-order chi connectivity index (χ1) is 8.46. The van der Waals surface area contributed by atoms with Gasteiger partial charge in [0.15, 0.2) is 0 Å². The zero-order valence-electron chi connectivity index (χ0n) is 9.80. The summed E-state index contributed by atoms with van der Waals surface area (Å²) in [5, 5.41) is 8.73. The molecule has 0 unspecified atom stereocenters. The first kappa shape index (κ1) is 13.0. The quantitative estimate of drug-likeness (QED) is 0.813. The highest BCUT2D eigenvalue weighted by Gasteiger charge is 2.23. The number of carbonyl (C=O) groups is 1. The Labute approximate surface area is 106 Å². The van der Waals surface area contributed by atoms with Crippen LogP contribution in [0.2, 0.25) is 0 Å². The van der Waals surface area contributed by atoms with E-state index in [2.05, 4.69) is 4.72 Å². The van der Waals surface area contributed by atoms with Crippen molar-refractivity contribution in [1.82, 2.24) is 4.72 Å². The summed E-state index contributed by atoms with van der Waals surface area (Å²) in [6.45, 7) is 0.509. The maximum absolute atomic E-state index is 11.7. The van der Waals surface area contributed by atoms with Crippen LogP contribution in [0.5, 0.6) is 0 Å². The fourth-order valence-corrected chi connectivity index (χ4v) is 2.80. The van der Waals surface area contributed by atoms with Gasteiger partial charge in [0.1, 0.15) is 0 Å². The Morgan fingerprint density at radius 2 is 1.89 bits per heavy atom. The number of sulfonamides is 1. The fourth-order valence-electron chi connectivity index (χ4n) is 1.58. The molecule has 0 radical (unpaired) electrons. The minimum absolute atomic E-state index is 0.111. The summed E-state index contributed by atoms with van der Waals surface area (Å²) in [6, 6.07) is 5.88. The van der Waals surface area contributed by atoms with Gasteiger partial charge >= 0.3 is 5.97 Å². The lowest BCUT2D eigenvalue weighted by Crippen LogP contribution is -2.27. The third kappa shape index (κ3) is 3.82. The van der Waals surface area contributed by atoms with Crippen LogP contribution in [-0.4, -0.2) is 26.0 Å². The van der Waals surface area contributed by atoms with Crippen molar-refractivity contribution in [2.75, 3.05) is 6.54 Å².